The van der Waals surface area contributed by atoms with Crippen molar-refractivity contribution in [1.29, 1.82) is 0 Å². The van der Waals surface area contributed by atoms with Gasteiger partial charge in [0.15, 0.2) is 5.58 Å². The Morgan fingerprint density at radius 2 is 1.08 bits per heavy atom. The molecule has 0 amide bonds. The number of benzene rings is 9. The Morgan fingerprint density at radius 3 is 1.89 bits per heavy atom. The van der Waals surface area contributed by atoms with Crippen molar-refractivity contribution in [2.24, 2.45) is 0 Å². The van der Waals surface area contributed by atoms with E-state index in [1.54, 1.807) is 0 Å². The average molecular weight is 695 g/mol. The van der Waals surface area contributed by atoms with Crippen molar-refractivity contribution in [3.63, 3.8) is 0 Å². The molecule has 0 aliphatic rings. The Hall–Kier alpha value is -6.75. The second-order valence-corrected chi connectivity index (χ2v) is 14.6. The van der Waals surface area contributed by atoms with Gasteiger partial charge in [0.05, 0.1) is 5.69 Å². The summed E-state index contributed by atoms with van der Waals surface area (Å²) in [5.41, 5.74) is 8.42. The number of fused-ring (bicyclic) bond motifs is 10. The summed E-state index contributed by atoms with van der Waals surface area (Å²) in [6.07, 6.45) is 0. The summed E-state index contributed by atoms with van der Waals surface area (Å²) in [6.45, 7) is 0. The molecule has 0 aliphatic heterocycles. The first-order chi connectivity index (χ1) is 26.3. The standard InChI is InChI=1S/C49H30N2OS/c1-3-10-31(11-4-1)32-22-25-37(26-23-32)51(42-15-9-17-44-47(42)40-14-7-8-16-43(40)53-44)38-27-28-39-36(30-38)21-20-33-18-19-34-24-29-41-48(46(34)45(33)39)52-49(50-41)35-12-5-2-6-13-35/h1-30H. The topological polar surface area (TPSA) is 29.3 Å². The molecule has 248 valence electrons. The third kappa shape index (κ3) is 4.84. The van der Waals surface area contributed by atoms with Gasteiger partial charge in [-0.2, -0.15) is 0 Å². The summed E-state index contributed by atoms with van der Waals surface area (Å²) >= 11 is 1.85. The van der Waals surface area contributed by atoms with Gasteiger partial charge in [-0.3, -0.25) is 0 Å². The first kappa shape index (κ1) is 29.9. The molecular weight excluding hydrogens is 665 g/mol. The first-order valence-electron chi connectivity index (χ1n) is 17.9. The highest BCUT2D eigenvalue weighted by molar-refractivity contribution is 7.26. The van der Waals surface area contributed by atoms with Crippen LogP contribution in [-0.2, 0) is 0 Å². The van der Waals surface area contributed by atoms with Crippen LogP contribution in [0.25, 0.3) is 86.2 Å². The van der Waals surface area contributed by atoms with Crippen molar-refractivity contribution in [2.45, 2.75) is 0 Å². The summed E-state index contributed by atoms with van der Waals surface area (Å²) in [7, 11) is 0. The summed E-state index contributed by atoms with van der Waals surface area (Å²) in [5.74, 6) is 0.636. The second-order valence-electron chi connectivity index (χ2n) is 13.5. The van der Waals surface area contributed by atoms with Gasteiger partial charge in [-0.25, -0.2) is 4.98 Å². The number of hydrogen-bond donors (Lipinski definition) is 0. The fourth-order valence-electron chi connectivity index (χ4n) is 7.98. The second kappa shape index (κ2) is 11.9. The highest BCUT2D eigenvalue weighted by Gasteiger charge is 2.20. The maximum absolute atomic E-state index is 6.59. The van der Waals surface area contributed by atoms with E-state index in [-0.39, 0.29) is 0 Å². The number of nitrogens with zero attached hydrogens (tertiary/aromatic N) is 2. The lowest BCUT2D eigenvalue weighted by molar-refractivity contribution is 0.623. The van der Waals surface area contributed by atoms with Gasteiger partial charge in [0, 0.05) is 47.9 Å². The highest BCUT2D eigenvalue weighted by atomic mass is 32.1. The largest absolute Gasteiger partial charge is 0.435 e. The van der Waals surface area contributed by atoms with Crippen molar-refractivity contribution >= 4 is 92.0 Å². The van der Waals surface area contributed by atoms with E-state index in [2.05, 4.69) is 157 Å². The number of oxazole rings is 1. The van der Waals surface area contributed by atoms with Gasteiger partial charge < -0.3 is 9.32 Å². The van der Waals surface area contributed by atoms with E-state index in [9.17, 15) is 0 Å². The molecule has 0 N–H and O–H groups in total. The van der Waals surface area contributed by atoms with E-state index >= 15 is 0 Å². The number of hydrogen-bond acceptors (Lipinski definition) is 4. The molecule has 2 heterocycles. The van der Waals surface area contributed by atoms with Crippen LogP contribution in [0.3, 0.4) is 0 Å². The van der Waals surface area contributed by atoms with E-state index in [1.807, 2.05) is 41.7 Å². The lowest BCUT2D eigenvalue weighted by Crippen LogP contribution is -2.10. The van der Waals surface area contributed by atoms with E-state index in [0.29, 0.717) is 5.89 Å². The molecule has 0 saturated carbocycles. The van der Waals surface area contributed by atoms with Crippen LogP contribution in [0.2, 0.25) is 0 Å². The third-order valence-electron chi connectivity index (χ3n) is 10.5. The Labute approximate surface area is 309 Å². The average Bonchev–Trinajstić information content (AvgIpc) is 3.84. The van der Waals surface area contributed by atoms with Crippen LogP contribution in [-0.4, -0.2) is 4.98 Å². The molecule has 9 aromatic carbocycles. The summed E-state index contributed by atoms with van der Waals surface area (Å²) in [6, 6.07) is 65.1. The van der Waals surface area contributed by atoms with Gasteiger partial charge >= 0.3 is 0 Å². The number of aromatic nitrogens is 1. The van der Waals surface area contributed by atoms with Gasteiger partial charge in [-0.1, -0.05) is 121 Å². The molecule has 3 nitrogen and oxygen atoms in total. The number of anilines is 3. The number of rotatable bonds is 5. The van der Waals surface area contributed by atoms with Crippen LogP contribution < -0.4 is 4.90 Å². The minimum absolute atomic E-state index is 0.636. The molecule has 0 spiro atoms. The van der Waals surface area contributed by atoms with E-state index in [0.717, 1.165) is 49.9 Å². The minimum atomic E-state index is 0.636. The Balaban J connectivity index is 1.14. The maximum atomic E-state index is 6.59. The predicted molar refractivity (Wildman–Crippen MR) is 225 cm³/mol. The molecule has 0 unspecified atom stereocenters. The van der Waals surface area contributed by atoms with Gasteiger partial charge in [0.25, 0.3) is 0 Å². The molecule has 0 aliphatic carbocycles. The third-order valence-corrected chi connectivity index (χ3v) is 11.6. The zero-order valence-electron chi connectivity index (χ0n) is 28.5. The van der Waals surface area contributed by atoms with Crippen molar-refractivity contribution < 1.29 is 4.42 Å². The molecule has 11 aromatic rings. The zero-order chi connectivity index (χ0) is 34.9. The van der Waals surface area contributed by atoms with Crippen LogP contribution in [0.1, 0.15) is 0 Å². The van der Waals surface area contributed by atoms with E-state index in [4.69, 9.17) is 9.40 Å². The molecule has 11 rings (SSSR count). The van der Waals surface area contributed by atoms with Crippen molar-refractivity contribution in [3.8, 4) is 22.6 Å². The van der Waals surface area contributed by atoms with Gasteiger partial charge in [-0.05, 0) is 93.3 Å². The van der Waals surface area contributed by atoms with Crippen LogP contribution in [0.5, 0.6) is 0 Å². The summed E-state index contributed by atoms with van der Waals surface area (Å²) in [5, 5.41) is 9.47. The molecule has 0 saturated heterocycles. The van der Waals surface area contributed by atoms with Gasteiger partial charge in [-0.15, -0.1) is 11.3 Å². The van der Waals surface area contributed by atoms with Crippen molar-refractivity contribution in [1.82, 2.24) is 4.98 Å². The quantitative estimate of drug-likeness (QED) is 0.168. The molecular formula is C49H30N2OS. The molecule has 4 heteroatoms. The lowest BCUT2D eigenvalue weighted by atomic mass is 9.95. The molecule has 0 fully saturated rings. The predicted octanol–water partition coefficient (Wildman–Crippen LogP) is 14.5. The SMILES string of the molecule is c1ccc(-c2ccc(N(c3ccc4c(ccc5ccc6ccc7nc(-c8ccccc8)oc7c6c54)c3)c3cccc4sc5ccccc5c34)cc2)cc1. The highest BCUT2D eigenvalue weighted by Crippen LogP contribution is 2.46. The van der Waals surface area contributed by atoms with Gasteiger partial charge in [0.2, 0.25) is 5.89 Å². The van der Waals surface area contributed by atoms with Crippen molar-refractivity contribution in [2.75, 3.05) is 4.90 Å². The molecule has 2 aromatic heterocycles. The van der Waals surface area contributed by atoms with Crippen LogP contribution in [0.4, 0.5) is 17.1 Å². The van der Waals surface area contributed by atoms with Crippen LogP contribution in [0, 0.1) is 0 Å². The molecule has 0 bridgehead atoms. The normalized spacial score (nSPS) is 11.8. The summed E-state index contributed by atoms with van der Waals surface area (Å²) < 4.78 is 9.16. The first-order valence-corrected chi connectivity index (χ1v) is 18.7. The maximum Gasteiger partial charge on any atom is 0.227 e. The van der Waals surface area contributed by atoms with Gasteiger partial charge in [0.1, 0.15) is 5.52 Å². The fourth-order valence-corrected chi connectivity index (χ4v) is 9.11. The molecule has 0 atom stereocenters. The van der Waals surface area contributed by atoms with Crippen molar-refractivity contribution in [3.05, 3.63) is 182 Å². The van der Waals surface area contributed by atoms with Crippen LogP contribution >= 0.6 is 11.3 Å². The minimum Gasteiger partial charge on any atom is -0.435 e. The Morgan fingerprint density at radius 1 is 0.434 bits per heavy atom. The monoisotopic (exact) mass is 694 g/mol. The number of thiophene rings is 1. The van der Waals surface area contributed by atoms with E-state index < -0.39 is 0 Å². The lowest BCUT2D eigenvalue weighted by Gasteiger charge is -2.27. The summed E-state index contributed by atoms with van der Waals surface area (Å²) in [4.78, 5) is 7.34. The molecule has 53 heavy (non-hydrogen) atoms. The van der Waals surface area contributed by atoms with Crippen LogP contribution in [0.15, 0.2) is 186 Å². The molecule has 0 radical (unpaired) electrons. The Bertz CT molecular complexity index is 3160. The fraction of sp³-hybridized carbons (Fsp3) is 0. The van der Waals surface area contributed by atoms with E-state index in [1.165, 1.54) is 47.5 Å². The Kier molecular flexibility index (Phi) is 6.73. The zero-order valence-corrected chi connectivity index (χ0v) is 29.3. The smallest absolute Gasteiger partial charge is 0.227 e.